The second kappa shape index (κ2) is 6.75. The number of hydrogen-bond donors (Lipinski definition) is 0. The van der Waals surface area contributed by atoms with E-state index in [4.69, 9.17) is 0 Å². The molecule has 0 saturated heterocycles. The molecule has 0 aliphatic carbocycles. The largest absolute Gasteiger partial charge is 0.396 e. The number of thioether (sulfide) groups is 1. The van der Waals surface area contributed by atoms with Gasteiger partial charge in [-0.05, 0) is 23.3 Å². The quantitative estimate of drug-likeness (QED) is 0.444. The minimum atomic E-state index is -0.420. The van der Waals surface area contributed by atoms with E-state index in [0.717, 1.165) is 28.5 Å². The lowest BCUT2D eigenvalue weighted by Gasteiger charge is -2.25. The Morgan fingerprint density at radius 2 is 1.23 bits per heavy atom. The molecule has 4 heteroatoms. The molecule has 1 aliphatic heterocycles. The van der Waals surface area contributed by atoms with Gasteiger partial charge in [0.15, 0.2) is 11.4 Å². The first-order valence-corrected chi connectivity index (χ1v) is 9.12. The molecular formula is C22H16NO2S+. The smallest absolute Gasteiger partial charge is 0.232 e. The van der Waals surface area contributed by atoms with E-state index in [1.807, 2.05) is 72.8 Å². The summed E-state index contributed by atoms with van der Waals surface area (Å²) in [7, 11) is 0. The van der Waals surface area contributed by atoms with E-state index in [1.165, 1.54) is 0 Å². The van der Waals surface area contributed by atoms with Crippen molar-refractivity contribution in [3.63, 3.8) is 0 Å². The van der Waals surface area contributed by atoms with Gasteiger partial charge in [0.25, 0.3) is 0 Å². The lowest BCUT2D eigenvalue weighted by atomic mass is 10.0. The first-order valence-electron chi connectivity index (χ1n) is 8.24. The van der Waals surface area contributed by atoms with Gasteiger partial charge in [-0.25, -0.2) is 9.59 Å². The number of rotatable bonds is 4. The number of imide groups is 1. The maximum absolute atomic E-state index is 12.7. The van der Waals surface area contributed by atoms with Crippen LogP contribution in [0.1, 0.15) is 5.56 Å². The minimum Gasteiger partial charge on any atom is -0.232 e. The fraction of sp³-hybridized carbons (Fsp3) is 0. The van der Waals surface area contributed by atoms with E-state index in [2.05, 4.69) is 12.1 Å². The molecule has 1 unspecified atom stereocenters. The zero-order valence-electron chi connectivity index (χ0n) is 13.9. The highest BCUT2D eigenvalue weighted by Crippen LogP contribution is 2.43. The Hall–Kier alpha value is -2.95. The summed E-state index contributed by atoms with van der Waals surface area (Å²) in [6.45, 7) is 0. The van der Waals surface area contributed by atoms with Crippen molar-refractivity contribution in [2.24, 2.45) is 0 Å². The fourth-order valence-electron chi connectivity index (χ4n) is 3.17. The predicted molar refractivity (Wildman–Crippen MR) is 107 cm³/mol. The summed E-state index contributed by atoms with van der Waals surface area (Å²) in [5.41, 5.74) is 4.41. The Labute approximate surface area is 156 Å². The van der Waals surface area contributed by atoms with Crippen LogP contribution in [0.15, 0.2) is 90.3 Å². The standard InChI is InChI=1S/C22H16NO2S/c24-16-23(20-9-5-2-6-10-20)21(15-26-22(23)25)19-13-11-18(12-14-19)17-7-3-1-4-8-17/h1-16H/q+1. The highest BCUT2D eigenvalue weighted by atomic mass is 32.2. The van der Waals surface area contributed by atoms with Crippen LogP contribution in [0.4, 0.5) is 10.5 Å². The lowest BCUT2D eigenvalue weighted by Crippen LogP contribution is -2.46. The number of amides is 2. The highest BCUT2D eigenvalue weighted by molar-refractivity contribution is 8.16. The van der Waals surface area contributed by atoms with Gasteiger partial charge < -0.3 is 0 Å². The van der Waals surface area contributed by atoms with Gasteiger partial charge in [0, 0.05) is 34.9 Å². The van der Waals surface area contributed by atoms with Crippen LogP contribution < -0.4 is 4.48 Å². The molecule has 3 nitrogen and oxygen atoms in total. The zero-order valence-corrected chi connectivity index (χ0v) is 14.7. The number of carbonyl (C=O) groups is 2. The number of para-hydroxylation sites is 1. The summed E-state index contributed by atoms with van der Waals surface area (Å²) in [6.07, 6.45) is 0.717. The van der Waals surface area contributed by atoms with Gasteiger partial charge in [-0.15, -0.1) is 4.48 Å². The van der Waals surface area contributed by atoms with Crippen molar-refractivity contribution in [3.05, 3.63) is 95.9 Å². The first kappa shape index (κ1) is 16.5. The van der Waals surface area contributed by atoms with Crippen molar-refractivity contribution in [1.82, 2.24) is 4.48 Å². The molecule has 1 heterocycles. The van der Waals surface area contributed by atoms with Crippen LogP contribution in [0, 0.1) is 0 Å². The maximum atomic E-state index is 12.7. The second-order valence-corrected chi connectivity index (χ2v) is 6.81. The Kier molecular flexibility index (Phi) is 4.29. The van der Waals surface area contributed by atoms with Crippen LogP contribution in [0.3, 0.4) is 0 Å². The molecular weight excluding hydrogens is 342 g/mol. The molecule has 0 spiro atoms. The Bertz CT molecular complexity index is 982. The molecule has 0 fully saturated rings. The molecule has 3 aromatic carbocycles. The van der Waals surface area contributed by atoms with Crippen LogP contribution in [0.5, 0.6) is 0 Å². The van der Waals surface area contributed by atoms with Crippen LogP contribution in [-0.4, -0.2) is 11.6 Å². The molecule has 0 aromatic heterocycles. The number of nitrogens with zero attached hydrogens (tertiary/aromatic N) is 1. The molecule has 0 N–H and O–H groups in total. The third-order valence-corrected chi connectivity index (χ3v) is 5.38. The number of hydrogen-bond acceptors (Lipinski definition) is 3. The zero-order chi connectivity index (χ0) is 18.0. The van der Waals surface area contributed by atoms with E-state index in [0.29, 0.717) is 17.8 Å². The second-order valence-electron chi connectivity index (χ2n) is 5.99. The average molecular weight is 358 g/mol. The third kappa shape index (κ3) is 2.60. The van der Waals surface area contributed by atoms with Crippen LogP contribution in [0.25, 0.3) is 16.8 Å². The van der Waals surface area contributed by atoms with E-state index in [-0.39, 0.29) is 5.24 Å². The van der Waals surface area contributed by atoms with Gasteiger partial charge in [0.1, 0.15) is 0 Å². The van der Waals surface area contributed by atoms with Gasteiger partial charge in [-0.2, -0.15) is 0 Å². The average Bonchev–Trinajstić information content (AvgIpc) is 3.06. The molecule has 3 aromatic rings. The highest BCUT2D eigenvalue weighted by Gasteiger charge is 2.49. The van der Waals surface area contributed by atoms with Gasteiger partial charge in [-0.1, -0.05) is 60.7 Å². The molecule has 0 radical (unpaired) electrons. The van der Waals surface area contributed by atoms with Gasteiger partial charge >= 0.3 is 11.6 Å². The Morgan fingerprint density at radius 3 is 1.85 bits per heavy atom. The summed E-state index contributed by atoms with van der Waals surface area (Å²) in [5.74, 6) is 0. The monoisotopic (exact) mass is 358 g/mol. The summed E-state index contributed by atoms with van der Waals surface area (Å²) in [6, 6.07) is 27.2. The van der Waals surface area contributed by atoms with Crippen LogP contribution in [-0.2, 0) is 4.79 Å². The normalized spacial score (nSPS) is 19.2. The minimum absolute atomic E-state index is 0.215. The van der Waals surface area contributed by atoms with E-state index in [9.17, 15) is 9.59 Å². The molecule has 1 aliphatic rings. The summed E-state index contributed by atoms with van der Waals surface area (Å²) in [4.78, 5) is 24.8. The SMILES string of the molecule is O=C[N+]1(c2ccccc2)C(=O)SC=C1c1ccc(-c2ccccc2)cc1. The maximum Gasteiger partial charge on any atom is 0.396 e. The molecule has 126 valence electrons. The van der Waals surface area contributed by atoms with E-state index >= 15 is 0 Å². The Morgan fingerprint density at radius 1 is 0.692 bits per heavy atom. The van der Waals surface area contributed by atoms with Crippen molar-refractivity contribution in [2.75, 3.05) is 0 Å². The molecule has 26 heavy (non-hydrogen) atoms. The van der Waals surface area contributed by atoms with Crippen molar-refractivity contribution in [2.45, 2.75) is 0 Å². The van der Waals surface area contributed by atoms with Crippen molar-refractivity contribution in [1.29, 1.82) is 0 Å². The summed E-state index contributed by atoms with van der Waals surface area (Å²) in [5, 5.41) is 1.56. The van der Waals surface area contributed by atoms with Gasteiger partial charge in [-0.3, -0.25) is 0 Å². The molecule has 0 saturated carbocycles. The molecule has 1 atom stereocenters. The fourth-order valence-corrected chi connectivity index (χ4v) is 4.10. The molecule has 4 rings (SSSR count). The van der Waals surface area contributed by atoms with Crippen molar-refractivity contribution >= 4 is 34.8 Å². The Balaban J connectivity index is 1.77. The molecule has 2 amide bonds. The first-order chi connectivity index (χ1) is 12.8. The number of carbonyl (C=O) groups excluding carboxylic acids is 2. The van der Waals surface area contributed by atoms with E-state index in [1.54, 1.807) is 5.41 Å². The topological polar surface area (TPSA) is 34.1 Å². The predicted octanol–water partition coefficient (Wildman–Crippen LogP) is 5.68. The number of quaternary nitrogens is 1. The number of benzene rings is 3. The van der Waals surface area contributed by atoms with Crippen molar-refractivity contribution in [3.8, 4) is 11.1 Å². The van der Waals surface area contributed by atoms with Gasteiger partial charge in [0.2, 0.25) is 0 Å². The summed E-state index contributed by atoms with van der Waals surface area (Å²) < 4.78 is -0.420. The van der Waals surface area contributed by atoms with Gasteiger partial charge in [0.05, 0.1) is 0 Å². The third-order valence-electron chi connectivity index (χ3n) is 4.55. The van der Waals surface area contributed by atoms with Crippen LogP contribution in [0.2, 0.25) is 0 Å². The van der Waals surface area contributed by atoms with Crippen molar-refractivity contribution < 1.29 is 9.59 Å². The molecule has 0 bridgehead atoms. The van der Waals surface area contributed by atoms with E-state index < -0.39 is 4.48 Å². The summed E-state index contributed by atoms with van der Waals surface area (Å²) >= 11 is 1.07. The van der Waals surface area contributed by atoms with Crippen LogP contribution >= 0.6 is 11.8 Å². The lowest BCUT2D eigenvalue weighted by molar-refractivity contribution is -0.112.